The summed E-state index contributed by atoms with van der Waals surface area (Å²) in [6.07, 6.45) is 5.25. The van der Waals surface area contributed by atoms with Gasteiger partial charge in [-0.25, -0.2) is 0 Å². The van der Waals surface area contributed by atoms with Crippen LogP contribution in [0.2, 0.25) is 0 Å². The second kappa shape index (κ2) is 4.26. The van der Waals surface area contributed by atoms with Gasteiger partial charge < -0.3 is 4.74 Å². The molecular formula is C9H10BrNO. The summed E-state index contributed by atoms with van der Waals surface area (Å²) in [6, 6.07) is 2.00. The summed E-state index contributed by atoms with van der Waals surface area (Å²) < 4.78 is 5.87. The van der Waals surface area contributed by atoms with Crippen molar-refractivity contribution in [1.29, 1.82) is 0 Å². The van der Waals surface area contributed by atoms with Crippen LogP contribution in [0.5, 0.6) is 0 Å². The molecule has 0 saturated heterocycles. The van der Waals surface area contributed by atoms with E-state index in [9.17, 15) is 0 Å². The van der Waals surface area contributed by atoms with E-state index in [0.717, 1.165) is 15.6 Å². The molecule has 0 aromatic carbocycles. The number of aromatic nitrogens is 1. The first-order valence-corrected chi connectivity index (χ1v) is 4.34. The summed E-state index contributed by atoms with van der Waals surface area (Å²) in [7, 11) is 1.63. The molecule has 0 aliphatic heterocycles. The molecule has 0 saturated carbocycles. The van der Waals surface area contributed by atoms with Gasteiger partial charge in [0.15, 0.2) is 0 Å². The van der Waals surface area contributed by atoms with Gasteiger partial charge in [-0.1, -0.05) is 0 Å². The van der Waals surface area contributed by atoms with Gasteiger partial charge in [-0.3, -0.25) is 4.98 Å². The number of methoxy groups -OCH3 is 1. The number of rotatable bonds is 2. The molecule has 0 radical (unpaired) electrons. The zero-order chi connectivity index (χ0) is 8.97. The molecule has 1 heterocycles. The highest BCUT2D eigenvalue weighted by molar-refractivity contribution is 9.10. The van der Waals surface area contributed by atoms with Crippen molar-refractivity contribution in [2.75, 3.05) is 7.11 Å². The van der Waals surface area contributed by atoms with Crippen molar-refractivity contribution in [2.45, 2.75) is 6.92 Å². The van der Waals surface area contributed by atoms with Gasteiger partial charge in [0.25, 0.3) is 0 Å². The molecule has 64 valence electrons. The van der Waals surface area contributed by atoms with Gasteiger partial charge >= 0.3 is 0 Å². The number of halogens is 1. The smallest absolute Gasteiger partial charge is 0.0860 e. The van der Waals surface area contributed by atoms with Crippen LogP contribution in [0.15, 0.2) is 29.2 Å². The zero-order valence-electron chi connectivity index (χ0n) is 7.04. The fourth-order valence-corrected chi connectivity index (χ4v) is 1.24. The van der Waals surface area contributed by atoms with Gasteiger partial charge in [0.1, 0.15) is 0 Å². The lowest BCUT2D eigenvalue weighted by Crippen LogP contribution is -1.82. The Morgan fingerprint density at radius 2 is 2.33 bits per heavy atom. The molecule has 0 N–H and O–H groups in total. The molecule has 0 fully saturated rings. The Morgan fingerprint density at radius 1 is 1.58 bits per heavy atom. The van der Waals surface area contributed by atoms with Gasteiger partial charge in [0.2, 0.25) is 0 Å². The van der Waals surface area contributed by atoms with Gasteiger partial charge in [0, 0.05) is 16.9 Å². The number of hydrogen-bond acceptors (Lipinski definition) is 2. The second-order valence-corrected chi connectivity index (χ2v) is 3.34. The summed E-state index contributed by atoms with van der Waals surface area (Å²) in [5.41, 5.74) is 2.12. The first-order valence-electron chi connectivity index (χ1n) is 3.54. The van der Waals surface area contributed by atoms with E-state index in [1.807, 2.05) is 13.0 Å². The average Bonchev–Trinajstić information content (AvgIpc) is 2.05. The van der Waals surface area contributed by atoms with Crippen LogP contribution in [0, 0.1) is 0 Å². The number of pyridine rings is 1. The van der Waals surface area contributed by atoms with E-state index in [0.29, 0.717) is 0 Å². The standard InChI is InChI=1S/C9H10BrNO/c1-7(6-12-2)8-3-9(10)5-11-4-8/h3-6H,1-2H3. The maximum absolute atomic E-state index is 4.89. The van der Waals surface area contributed by atoms with Crippen LogP contribution in [0.3, 0.4) is 0 Å². The first-order chi connectivity index (χ1) is 5.74. The second-order valence-electron chi connectivity index (χ2n) is 2.43. The fourth-order valence-electron chi connectivity index (χ4n) is 0.872. The highest BCUT2D eigenvalue weighted by atomic mass is 79.9. The van der Waals surface area contributed by atoms with E-state index in [1.165, 1.54) is 0 Å². The molecule has 2 nitrogen and oxygen atoms in total. The average molecular weight is 228 g/mol. The minimum Gasteiger partial charge on any atom is -0.504 e. The van der Waals surface area contributed by atoms with Crippen molar-refractivity contribution >= 4 is 21.5 Å². The molecule has 0 unspecified atom stereocenters. The van der Waals surface area contributed by atoms with Crippen molar-refractivity contribution < 1.29 is 4.74 Å². The van der Waals surface area contributed by atoms with Crippen LogP contribution in [0.25, 0.3) is 5.57 Å². The Bertz CT molecular complexity index is 296. The highest BCUT2D eigenvalue weighted by Gasteiger charge is 1.96. The lowest BCUT2D eigenvalue weighted by atomic mass is 10.1. The summed E-state index contributed by atoms with van der Waals surface area (Å²) in [6.45, 7) is 1.98. The van der Waals surface area contributed by atoms with Crippen LogP contribution in [-0.2, 0) is 4.74 Å². The molecule has 3 heteroatoms. The van der Waals surface area contributed by atoms with E-state index in [-0.39, 0.29) is 0 Å². The predicted octanol–water partition coefficient (Wildman–Crippen LogP) is 2.85. The van der Waals surface area contributed by atoms with Gasteiger partial charge in [-0.2, -0.15) is 0 Å². The third kappa shape index (κ3) is 2.34. The van der Waals surface area contributed by atoms with E-state index < -0.39 is 0 Å². The fraction of sp³-hybridized carbons (Fsp3) is 0.222. The normalized spacial score (nSPS) is 11.4. The molecule has 0 spiro atoms. The lowest BCUT2D eigenvalue weighted by molar-refractivity contribution is 0.339. The quantitative estimate of drug-likeness (QED) is 0.726. The van der Waals surface area contributed by atoms with E-state index in [1.54, 1.807) is 25.8 Å². The Hall–Kier alpha value is -0.830. The van der Waals surface area contributed by atoms with Crippen LogP contribution >= 0.6 is 15.9 Å². The minimum atomic E-state index is 0.976. The SMILES string of the molecule is COC=C(C)c1cncc(Br)c1. The van der Waals surface area contributed by atoms with Crippen LogP contribution in [0.4, 0.5) is 0 Å². The maximum Gasteiger partial charge on any atom is 0.0860 e. The Balaban J connectivity index is 2.95. The topological polar surface area (TPSA) is 22.1 Å². The summed E-state index contributed by atoms with van der Waals surface area (Å²) in [5, 5.41) is 0. The molecular weight excluding hydrogens is 218 g/mol. The van der Waals surface area contributed by atoms with Crippen molar-refractivity contribution in [1.82, 2.24) is 4.98 Å². The predicted molar refractivity (Wildman–Crippen MR) is 52.6 cm³/mol. The van der Waals surface area contributed by atoms with E-state index >= 15 is 0 Å². The third-order valence-corrected chi connectivity index (χ3v) is 1.89. The molecule has 1 aromatic rings. The number of allylic oxidation sites excluding steroid dienone is 1. The largest absolute Gasteiger partial charge is 0.504 e. The minimum absolute atomic E-state index is 0.976. The van der Waals surface area contributed by atoms with Crippen molar-refractivity contribution in [3.8, 4) is 0 Å². The van der Waals surface area contributed by atoms with Crippen molar-refractivity contribution in [2.24, 2.45) is 0 Å². The number of nitrogens with zero attached hydrogens (tertiary/aromatic N) is 1. The van der Waals surface area contributed by atoms with Crippen LogP contribution in [-0.4, -0.2) is 12.1 Å². The first kappa shape index (κ1) is 9.26. The summed E-state index contributed by atoms with van der Waals surface area (Å²) >= 11 is 3.35. The third-order valence-electron chi connectivity index (χ3n) is 1.45. The van der Waals surface area contributed by atoms with Crippen LogP contribution < -0.4 is 0 Å². The molecule has 1 rings (SSSR count). The Kier molecular flexibility index (Phi) is 3.29. The molecule has 0 amide bonds. The number of hydrogen-bond donors (Lipinski definition) is 0. The molecule has 12 heavy (non-hydrogen) atoms. The molecule has 0 bridgehead atoms. The van der Waals surface area contributed by atoms with Gasteiger partial charge in [-0.15, -0.1) is 0 Å². The van der Waals surface area contributed by atoms with E-state index in [2.05, 4.69) is 20.9 Å². The lowest BCUT2D eigenvalue weighted by Gasteiger charge is -2.00. The molecule has 0 aliphatic rings. The monoisotopic (exact) mass is 227 g/mol. The molecule has 0 aliphatic carbocycles. The highest BCUT2D eigenvalue weighted by Crippen LogP contribution is 2.16. The number of ether oxygens (including phenoxy) is 1. The Labute approximate surface area is 80.4 Å². The summed E-state index contributed by atoms with van der Waals surface area (Å²) in [4.78, 5) is 4.04. The van der Waals surface area contributed by atoms with Crippen molar-refractivity contribution in [3.05, 3.63) is 34.8 Å². The summed E-state index contributed by atoms with van der Waals surface area (Å²) in [5.74, 6) is 0. The van der Waals surface area contributed by atoms with Gasteiger partial charge in [0.05, 0.1) is 13.4 Å². The zero-order valence-corrected chi connectivity index (χ0v) is 8.63. The molecule has 0 atom stereocenters. The van der Waals surface area contributed by atoms with Crippen LogP contribution in [0.1, 0.15) is 12.5 Å². The van der Waals surface area contributed by atoms with Gasteiger partial charge in [-0.05, 0) is 40.1 Å². The maximum atomic E-state index is 4.89. The molecule has 1 aromatic heterocycles. The Morgan fingerprint density at radius 3 is 2.92 bits per heavy atom. The van der Waals surface area contributed by atoms with Crippen molar-refractivity contribution in [3.63, 3.8) is 0 Å². The van der Waals surface area contributed by atoms with E-state index in [4.69, 9.17) is 4.74 Å².